The van der Waals surface area contributed by atoms with E-state index in [0.717, 1.165) is 24.9 Å². The van der Waals surface area contributed by atoms with Crippen LogP contribution >= 0.6 is 0 Å². The lowest BCUT2D eigenvalue weighted by Gasteiger charge is -2.41. The maximum absolute atomic E-state index is 10.6. The third kappa shape index (κ3) is 5.98. The van der Waals surface area contributed by atoms with E-state index in [-0.39, 0.29) is 0 Å². The summed E-state index contributed by atoms with van der Waals surface area (Å²) in [5, 5.41) is 8.72. The molecule has 122 valence electrons. The Labute approximate surface area is 130 Å². The molecule has 1 N–H and O–H groups in total. The molecule has 0 radical (unpaired) electrons. The van der Waals surface area contributed by atoms with E-state index >= 15 is 0 Å². The summed E-state index contributed by atoms with van der Waals surface area (Å²) in [6.07, 6.45) is 17.5. The van der Waals surface area contributed by atoms with Gasteiger partial charge in [-0.15, -0.1) is 0 Å². The van der Waals surface area contributed by atoms with Crippen molar-refractivity contribution in [2.75, 3.05) is 6.54 Å². The average molecular weight is 295 g/mol. The maximum Gasteiger partial charge on any atom is 0.303 e. The maximum atomic E-state index is 10.6. The summed E-state index contributed by atoms with van der Waals surface area (Å²) < 4.78 is 0. The molecule has 0 aromatic carbocycles. The molecule has 0 heterocycles. The lowest BCUT2D eigenvalue weighted by Crippen LogP contribution is -2.45. The van der Waals surface area contributed by atoms with Crippen LogP contribution in [0.1, 0.15) is 89.9 Å². The van der Waals surface area contributed by atoms with E-state index in [1.165, 1.54) is 77.2 Å². The second kappa shape index (κ2) is 9.45. The molecule has 0 bridgehead atoms. The van der Waals surface area contributed by atoms with E-state index in [0.29, 0.717) is 6.42 Å². The smallest absolute Gasteiger partial charge is 0.303 e. The molecule has 0 aliphatic heterocycles. The Morgan fingerprint density at radius 1 is 0.810 bits per heavy atom. The van der Waals surface area contributed by atoms with Gasteiger partial charge in [-0.1, -0.05) is 44.9 Å². The SMILES string of the molecule is O=C(O)CCCCCN(C1CCCCC1)C1CCCCC1. The minimum Gasteiger partial charge on any atom is -0.481 e. The molecule has 0 aromatic heterocycles. The summed E-state index contributed by atoms with van der Waals surface area (Å²) in [5.74, 6) is -0.647. The number of hydrogen-bond acceptors (Lipinski definition) is 2. The molecule has 0 spiro atoms. The molecule has 0 unspecified atom stereocenters. The number of aliphatic carboxylic acids is 1. The van der Waals surface area contributed by atoms with E-state index in [4.69, 9.17) is 5.11 Å². The van der Waals surface area contributed by atoms with Gasteiger partial charge in [0, 0.05) is 18.5 Å². The number of hydrogen-bond donors (Lipinski definition) is 1. The van der Waals surface area contributed by atoms with Gasteiger partial charge in [0.15, 0.2) is 0 Å². The zero-order valence-electron chi connectivity index (χ0n) is 13.6. The molecule has 0 amide bonds. The summed E-state index contributed by atoms with van der Waals surface area (Å²) in [4.78, 5) is 13.4. The summed E-state index contributed by atoms with van der Waals surface area (Å²) in [7, 11) is 0. The van der Waals surface area contributed by atoms with Crippen molar-refractivity contribution in [3.8, 4) is 0 Å². The van der Waals surface area contributed by atoms with Gasteiger partial charge < -0.3 is 5.11 Å². The van der Waals surface area contributed by atoms with Crippen molar-refractivity contribution < 1.29 is 9.90 Å². The van der Waals surface area contributed by atoms with Gasteiger partial charge in [-0.2, -0.15) is 0 Å². The van der Waals surface area contributed by atoms with E-state index in [2.05, 4.69) is 4.90 Å². The van der Waals surface area contributed by atoms with Gasteiger partial charge in [0.05, 0.1) is 0 Å². The summed E-state index contributed by atoms with van der Waals surface area (Å²) >= 11 is 0. The first kappa shape index (κ1) is 16.8. The van der Waals surface area contributed by atoms with Crippen LogP contribution in [-0.2, 0) is 4.79 Å². The van der Waals surface area contributed by atoms with Crippen molar-refractivity contribution in [2.24, 2.45) is 0 Å². The first-order valence-electron chi connectivity index (χ1n) is 9.25. The van der Waals surface area contributed by atoms with Crippen molar-refractivity contribution in [2.45, 2.75) is 102 Å². The Morgan fingerprint density at radius 2 is 1.33 bits per heavy atom. The Kier molecular flexibility index (Phi) is 7.56. The van der Waals surface area contributed by atoms with Gasteiger partial charge in [-0.3, -0.25) is 9.69 Å². The third-order valence-electron chi connectivity index (χ3n) is 5.39. The lowest BCUT2D eigenvalue weighted by atomic mass is 9.88. The number of carbonyl (C=O) groups is 1. The molecule has 3 heteroatoms. The van der Waals surface area contributed by atoms with Crippen LogP contribution in [0, 0.1) is 0 Å². The zero-order chi connectivity index (χ0) is 14.9. The molecule has 21 heavy (non-hydrogen) atoms. The highest BCUT2D eigenvalue weighted by atomic mass is 16.4. The summed E-state index contributed by atoms with van der Waals surface area (Å²) in [5.41, 5.74) is 0. The van der Waals surface area contributed by atoms with Crippen molar-refractivity contribution in [3.63, 3.8) is 0 Å². The van der Waals surface area contributed by atoms with Crippen molar-refractivity contribution >= 4 is 5.97 Å². The third-order valence-corrected chi connectivity index (χ3v) is 5.39. The molecule has 0 saturated heterocycles. The molecule has 2 aliphatic carbocycles. The Morgan fingerprint density at radius 3 is 1.81 bits per heavy atom. The van der Waals surface area contributed by atoms with E-state index in [1.807, 2.05) is 0 Å². The number of nitrogens with zero attached hydrogens (tertiary/aromatic N) is 1. The fourth-order valence-electron chi connectivity index (χ4n) is 4.24. The van der Waals surface area contributed by atoms with Gasteiger partial charge >= 0.3 is 5.97 Å². The fraction of sp³-hybridized carbons (Fsp3) is 0.944. The zero-order valence-corrected chi connectivity index (χ0v) is 13.6. The highest BCUT2D eigenvalue weighted by Gasteiger charge is 2.28. The lowest BCUT2D eigenvalue weighted by molar-refractivity contribution is -0.137. The van der Waals surface area contributed by atoms with Crippen LogP contribution in [-0.4, -0.2) is 34.6 Å². The molecule has 2 saturated carbocycles. The van der Waals surface area contributed by atoms with Crippen molar-refractivity contribution in [1.29, 1.82) is 0 Å². The van der Waals surface area contributed by atoms with E-state index in [9.17, 15) is 4.79 Å². The normalized spacial score (nSPS) is 21.8. The minimum atomic E-state index is -0.647. The second-order valence-corrected chi connectivity index (χ2v) is 7.03. The quantitative estimate of drug-likeness (QED) is 0.665. The summed E-state index contributed by atoms with van der Waals surface area (Å²) in [6, 6.07) is 1.64. The highest BCUT2D eigenvalue weighted by Crippen LogP contribution is 2.30. The highest BCUT2D eigenvalue weighted by molar-refractivity contribution is 5.66. The predicted octanol–water partition coefficient (Wildman–Crippen LogP) is 4.60. The Balaban J connectivity index is 1.78. The summed E-state index contributed by atoms with van der Waals surface area (Å²) in [6.45, 7) is 1.20. The van der Waals surface area contributed by atoms with Crippen LogP contribution in [0.5, 0.6) is 0 Å². The van der Waals surface area contributed by atoms with Crippen LogP contribution < -0.4 is 0 Å². The minimum absolute atomic E-state index is 0.340. The number of carboxylic acids is 1. The van der Waals surface area contributed by atoms with Gasteiger partial charge in [-0.25, -0.2) is 0 Å². The van der Waals surface area contributed by atoms with Gasteiger partial charge in [-0.05, 0) is 45.1 Å². The van der Waals surface area contributed by atoms with E-state index < -0.39 is 5.97 Å². The van der Waals surface area contributed by atoms with Gasteiger partial charge in [0.1, 0.15) is 0 Å². The molecule has 2 rings (SSSR count). The van der Waals surface area contributed by atoms with Crippen molar-refractivity contribution in [1.82, 2.24) is 4.90 Å². The molecule has 0 aromatic rings. The molecular weight excluding hydrogens is 262 g/mol. The monoisotopic (exact) mass is 295 g/mol. The standard InChI is InChI=1S/C18H33NO2/c20-18(21)14-8-3-9-15-19(16-10-4-1-5-11-16)17-12-6-2-7-13-17/h16-17H,1-15H2,(H,20,21). The van der Waals surface area contributed by atoms with Crippen LogP contribution in [0.15, 0.2) is 0 Å². The number of unbranched alkanes of at least 4 members (excludes halogenated alkanes) is 2. The molecule has 0 atom stereocenters. The van der Waals surface area contributed by atoms with Crippen molar-refractivity contribution in [3.05, 3.63) is 0 Å². The van der Waals surface area contributed by atoms with E-state index in [1.54, 1.807) is 0 Å². The van der Waals surface area contributed by atoms with Crippen LogP contribution in [0.25, 0.3) is 0 Å². The largest absolute Gasteiger partial charge is 0.481 e. The number of rotatable bonds is 8. The van der Waals surface area contributed by atoms with Crippen LogP contribution in [0.4, 0.5) is 0 Å². The van der Waals surface area contributed by atoms with Crippen LogP contribution in [0.2, 0.25) is 0 Å². The number of carboxylic acid groups (broad SMARTS) is 1. The first-order chi connectivity index (χ1) is 10.3. The van der Waals surface area contributed by atoms with Crippen LogP contribution in [0.3, 0.4) is 0 Å². The topological polar surface area (TPSA) is 40.5 Å². The average Bonchev–Trinajstić information content (AvgIpc) is 2.52. The molecule has 2 fully saturated rings. The first-order valence-corrected chi connectivity index (χ1v) is 9.25. The second-order valence-electron chi connectivity index (χ2n) is 7.03. The predicted molar refractivity (Wildman–Crippen MR) is 86.6 cm³/mol. The van der Waals surface area contributed by atoms with Gasteiger partial charge in [0.25, 0.3) is 0 Å². The molecule has 3 nitrogen and oxygen atoms in total. The molecular formula is C18H33NO2. The Bertz CT molecular complexity index is 276. The van der Waals surface area contributed by atoms with Gasteiger partial charge in [0.2, 0.25) is 0 Å². The fourth-order valence-corrected chi connectivity index (χ4v) is 4.24. The Hall–Kier alpha value is -0.570. The molecule has 2 aliphatic rings.